The second-order valence-corrected chi connectivity index (χ2v) is 10.0. The molecule has 0 spiro atoms. The molecule has 32 heavy (non-hydrogen) atoms. The predicted molar refractivity (Wildman–Crippen MR) is 126 cm³/mol. The third-order valence-corrected chi connectivity index (χ3v) is 5.79. The first-order valence-corrected chi connectivity index (χ1v) is 11.4. The predicted octanol–water partition coefficient (Wildman–Crippen LogP) is 5.90. The average molecular weight is 438 g/mol. The maximum Gasteiger partial charge on any atom is 0.261 e. The van der Waals surface area contributed by atoms with Crippen molar-refractivity contribution >= 4 is 11.8 Å². The molecular formula is C27H35NO4. The van der Waals surface area contributed by atoms with E-state index in [0.29, 0.717) is 23.0 Å². The Morgan fingerprint density at radius 1 is 0.875 bits per heavy atom. The Hall–Kier alpha value is -2.66. The summed E-state index contributed by atoms with van der Waals surface area (Å²) in [5.41, 5.74) is 2.49. The quantitative estimate of drug-likeness (QED) is 0.362. The van der Waals surface area contributed by atoms with Crippen molar-refractivity contribution in [3.63, 3.8) is 0 Å². The summed E-state index contributed by atoms with van der Waals surface area (Å²) >= 11 is 0. The van der Waals surface area contributed by atoms with Gasteiger partial charge < -0.3 is 9.47 Å². The number of carbonyl (C=O) groups is 2. The fourth-order valence-electron chi connectivity index (χ4n) is 4.17. The molecular weight excluding hydrogens is 402 g/mol. The Morgan fingerprint density at radius 3 is 1.94 bits per heavy atom. The number of nitrogens with zero attached hydrogens (tertiary/aromatic N) is 1. The van der Waals surface area contributed by atoms with Crippen LogP contribution in [-0.2, 0) is 4.74 Å². The third kappa shape index (κ3) is 5.77. The van der Waals surface area contributed by atoms with Crippen LogP contribution in [0, 0.1) is 11.3 Å². The fourth-order valence-corrected chi connectivity index (χ4v) is 4.17. The molecule has 0 N–H and O–H groups in total. The van der Waals surface area contributed by atoms with Crippen LogP contribution in [0.1, 0.15) is 80.2 Å². The summed E-state index contributed by atoms with van der Waals surface area (Å²) in [6.45, 7) is 13.6. The summed E-state index contributed by atoms with van der Waals surface area (Å²) in [4.78, 5) is 26.1. The summed E-state index contributed by atoms with van der Waals surface area (Å²) in [6, 6.07) is 15.1. The van der Waals surface area contributed by atoms with Gasteiger partial charge in [-0.15, -0.1) is 0 Å². The monoisotopic (exact) mass is 437 g/mol. The summed E-state index contributed by atoms with van der Waals surface area (Å²) in [5, 5.41) is 0. The smallest absolute Gasteiger partial charge is 0.261 e. The third-order valence-electron chi connectivity index (χ3n) is 5.79. The van der Waals surface area contributed by atoms with Crippen molar-refractivity contribution in [1.29, 1.82) is 0 Å². The number of imide groups is 1. The topological polar surface area (TPSA) is 55.8 Å². The molecule has 5 nitrogen and oxygen atoms in total. The molecule has 3 rings (SSSR count). The van der Waals surface area contributed by atoms with E-state index in [-0.39, 0.29) is 30.4 Å². The van der Waals surface area contributed by atoms with E-state index < -0.39 is 6.29 Å². The van der Waals surface area contributed by atoms with Crippen molar-refractivity contribution in [2.24, 2.45) is 11.3 Å². The molecule has 0 aromatic heterocycles. The molecule has 2 aromatic carbocycles. The molecule has 2 amide bonds. The molecule has 2 unspecified atom stereocenters. The molecule has 0 saturated carbocycles. The van der Waals surface area contributed by atoms with Crippen molar-refractivity contribution in [2.45, 2.75) is 60.2 Å². The van der Waals surface area contributed by atoms with E-state index in [0.717, 1.165) is 12.2 Å². The lowest BCUT2D eigenvalue weighted by atomic mass is 9.76. The van der Waals surface area contributed by atoms with Gasteiger partial charge in [-0.2, -0.15) is 0 Å². The standard InChI is InChI=1S/C27H35NO4/c1-18(2)24(17-27(4,5)6)20-11-13-21(14-12-20)32-19(3)31-16-15-28-25(29)22-9-7-8-10-23(22)26(28)30/h7-14,18-19,24H,15-17H2,1-6H3. The molecule has 0 saturated heterocycles. The van der Waals surface area contributed by atoms with Gasteiger partial charge in [-0.3, -0.25) is 14.5 Å². The van der Waals surface area contributed by atoms with Crippen LogP contribution in [0.4, 0.5) is 0 Å². The number of benzene rings is 2. The van der Waals surface area contributed by atoms with E-state index in [9.17, 15) is 9.59 Å². The fraction of sp³-hybridized carbons (Fsp3) is 0.481. The first-order chi connectivity index (χ1) is 15.1. The highest BCUT2D eigenvalue weighted by molar-refractivity contribution is 6.21. The van der Waals surface area contributed by atoms with E-state index in [1.54, 1.807) is 24.3 Å². The van der Waals surface area contributed by atoms with Gasteiger partial charge in [0.1, 0.15) is 5.75 Å². The second kappa shape index (κ2) is 9.86. The number of carbonyl (C=O) groups excluding carboxylic acids is 2. The molecule has 1 aliphatic rings. The Bertz CT molecular complexity index is 908. The normalized spacial score (nSPS) is 15.8. The van der Waals surface area contributed by atoms with Gasteiger partial charge in [0, 0.05) is 0 Å². The Labute approximate surface area is 191 Å². The highest BCUT2D eigenvalue weighted by Crippen LogP contribution is 2.36. The number of amides is 2. The van der Waals surface area contributed by atoms with E-state index in [2.05, 4.69) is 46.8 Å². The van der Waals surface area contributed by atoms with Crippen molar-refractivity contribution in [3.8, 4) is 5.75 Å². The maximum atomic E-state index is 12.4. The minimum absolute atomic E-state index is 0.196. The summed E-state index contributed by atoms with van der Waals surface area (Å²) < 4.78 is 11.6. The van der Waals surface area contributed by atoms with Gasteiger partial charge in [-0.25, -0.2) is 0 Å². The number of hydrogen-bond acceptors (Lipinski definition) is 4. The molecule has 5 heteroatoms. The lowest BCUT2D eigenvalue weighted by molar-refractivity contribution is -0.0689. The van der Waals surface area contributed by atoms with Crippen LogP contribution >= 0.6 is 0 Å². The SMILES string of the molecule is CC(OCCN1C(=O)c2ccccc2C1=O)Oc1ccc(C(CC(C)(C)C)C(C)C)cc1. The average Bonchev–Trinajstić information content (AvgIpc) is 2.97. The Morgan fingerprint density at radius 2 is 1.44 bits per heavy atom. The van der Waals surface area contributed by atoms with E-state index in [4.69, 9.17) is 9.47 Å². The lowest BCUT2D eigenvalue weighted by Crippen LogP contribution is -2.34. The lowest BCUT2D eigenvalue weighted by Gasteiger charge is -2.29. The van der Waals surface area contributed by atoms with Gasteiger partial charge >= 0.3 is 0 Å². The van der Waals surface area contributed by atoms with Gasteiger partial charge in [-0.1, -0.05) is 58.9 Å². The van der Waals surface area contributed by atoms with E-state index >= 15 is 0 Å². The van der Waals surface area contributed by atoms with Crippen LogP contribution in [0.2, 0.25) is 0 Å². The van der Waals surface area contributed by atoms with Gasteiger partial charge in [-0.05, 0) is 60.4 Å². The number of fused-ring (bicyclic) bond motifs is 1. The molecule has 1 heterocycles. The van der Waals surface area contributed by atoms with Crippen LogP contribution in [0.5, 0.6) is 5.75 Å². The number of hydrogen-bond donors (Lipinski definition) is 0. The zero-order chi connectivity index (χ0) is 23.5. The van der Waals surface area contributed by atoms with Crippen LogP contribution < -0.4 is 4.74 Å². The summed E-state index contributed by atoms with van der Waals surface area (Å²) in [7, 11) is 0. The highest BCUT2D eigenvalue weighted by Gasteiger charge is 2.34. The molecule has 1 aliphatic heterocycles. The molecule has 2 atom stereocenters. The minimum atomic E-state index is -0.494. The van der Waals surface area contributed by atoms with Crippen molar-refractivity contribution < 1.29 is 19.1 Å². The molecule has 0 radical (unpaired) electrons. The molecule has 0 bridgehead atoms. The van der Waals surface area contributed by atoms with Gasteiger partial charge in [0.05, 0.1) is 24.3 Å². The van der Waals surface area contributed by atoms with Crippen LogP contribution in [0.25, 0.3) is 0 Å². The summed E-state index contributed by atoms with van der Waals surface area (Å²) in [5.74, 6) is 1.25. The van der Waals surface area contributed by atoms with Crippen LogP contribution in [0.3, 0.4) is 0 Å². The first-order valence-electron chi connectivity index (χ1n) is 11.4. The molecule has 2 aromatic rings. The second-order valence-electron chi connectivity index (χ2n) is 10.0. The Balaban J connectivity index is 1.51. The first kappa shape index (κ1) is 24.0. The maximum absolute atomic E-state index is 12.4. The zero-order valence-electron chi connectivity index (χ0n) is 20.1. The molecule has 0 aliphatic carbocycles. The molecule has 172 valence electrons. The number of rotatable bonds is 9. The van der Waals surface area contributed by atoms with Crippen LogP contribution in [-0.4, -0.2) is 36.2 Å². The van der Waals surface area contributed by atoms with Gasteiger partial charge in [0.2, 0.25) is 0 Å². The highest BCUT2D eigenvalue weighted by atomic mass is 16.7. The summed E-state index contributed by atoms with van der Waals surface area (Å²) in [6.07, 6.45) is 0.633. The van der Waals surface area contributed by atoms with Gasteiger partial charge in [0.15, 0.2) is 6.29 Å². The molecule has 0 fully saturated rings. The van der Waals surface area contributed by atoms with Gasteiger partial charge in [0.25, 0.3) is 11.8 Å². The number of ether oxygens (including phenoxy) is 2. The zero-order valence-corrected chi connectivity index (χ0v) is 20.1. The van der Waals surface area contributed by atoms with Crippen LogP contribution in [0.15, 0.2) is 48.5 Å². The van der Waals surface area contributed by atoms with Crippen molar-refractivity contribution in [3.05, 3.63) is 65.2 Å². The largest absolute Gasteiger partial charge is 0.465 e. The van der Waals surface area contributed by atoms with Crippen molar-refractivity contribution in [2.75, 3.05) is 13.2 Å². The van der Waals surface area contributed by atoms with E-state index in [1.807, 2.05) is 19.1 Å². The van der Waals surface area contributed by atoms with E-state index in [1.165, 1.54) is 10.5 Å². The minimum Gasteiger partial charge on any atom is -0.465 e. The Kier molecular flexibility index (Phi) is 7.40. The van der Waals surface area contributed by atoms with Crippen molar-refractivity contribution in [1.82, 2.24) is 4.90 Å².